The number of benzene rings is 3. The number of amides is 2. The van der Waals surface area contributed by atoms with E-state index >= 15 is 0 Å². The molecule has 5 heteroatoms. The summed E-state index contributed by atoms with van der Waals surface area (Å²) in [5, 5.41) is 14.4. The summed E-state index contributed by atoms with van der Waals surface area (Å²) < 4.78 is 0. The highest BCUT2D eigenvalue weighted by molar-refractivity contribution is 6.01. The minimum atomic E-state index is -1.85. The minimum Gasteiger partial charge on any atom is -0.372 e. The Kier molecular flexibility index (Phi) is 6.61. The highest BCUT2D eigenvalue weighted by atomic mass is 16.3. The summed E-state index contributed by atoms with van der Waals surface area (Å²) in [6.07, 6.45) is 3.17. The molecule has 2 amide bonds. The third-order valence-electron chi connectivity index (χ3n) is 6.53. The van der Waals surface area contributed by atoms with Crippen LogP contribution in [-0.2, 0) is 10.4 Å². The summed E-state index contributed by atoms with van der Waals surface area (Å²) in [5.41, 5.74) is 0.217. The molecule has 2 N–H and O–H groups in total. The van der Waals surface area contributed by atoms with E-state index in [4.69, 9.17) is 0 Å². The van der Waals surface area contributed by atoms with Crippen LogP contribution in [0.5, 0.6) is 0 Å². The van der Waals surface area contributed by atoms with Gasteiger partial charge in [-0.1, -0.05) is 60.7 Å². The van der Waals surface area contributed by atoms with Gasteiger partial charge in [0.15, 0.2) is 5.60 Å². The van der Waals surface area contributed by atoms with E-state index in [1.165, 1.54) is 0 Å². The average molecular weight is 443 g/mol. The Labute approximate surface area is 195 Å². The molecule has 0 spiro atoms. The van der Waals surface area contributed by atoms with E-state index < -0.39 is 11.5 Å². The smallest absolute Gasteiger partial charge is 0.265 e. The molecule has 1 saturated heterocycles. The van der Waals surface area contributed by atoms with Crippen LogP contribution in [0.25, 0.3) is 0 Å². The molecule has 1 aliphatic rings. The van der Waals surface area contributed by atoms with Crippen molar-refractivity contribution in [1.29, 1.82) is 0 Å². The average Bonchev–Trinajstić information content (AvgIpc) is 2.85. The van der Waals surface area contributed by atoms with Crippen LogP contribution in [0.3, 0.4) is 0 Å². The minimum absolute atomic E-state index is 0.0117. The SMILES string of the molecule is CC1CCCC(C)N1C(=O)c1ccc(NC(=O)C(O)(c2ccccc2)c2ccccc2)cc1. The van der Waals surface area contributed by atoms with Crippen molar-refractivity contribution < 1.29 is 14.7 Å². The highest BCUT2D eigenvalue weighted by Crippen LogP contribution is 2.31. The number of hydrogen-bond acceptors (Lipinski definition) is 3. The standard InChI is InChI=1S/C28H30N2O3/c1-20-10-9-11-21(2)30(20)26(31)22-16-18-25(19-17-22)29-27(32)28(33,23-12-5-3-6-13-23)24-14-7-4-8-15-24/h3-8,12-21,33H,9-11H2,1-2H3,(H,29,32). The van der Waals surface area contributed by atoms with Gasteiger partial charge in [-0.15, -0.1) is 0 Å². The Bertz CT molecular complexity index is 1050. The normalized spacial score (nSPS) is 18.6. The van der Waals surface area contributed by atoms with Crippen molar-refractivity contribution in [1.82, 2.24) is 4.90 Å². The first-order valence-electron chi connectivity index (χ1n) is 11.5. The lowest BCUT2D eigenvalue weighted by molar-refractivity contribution is -0.131. The second kappa shape index (κ2) is 9.59. The van der Waals surface area contributed by atoms with E-state index in [1.54, 1.807) is 72.8 Å². The Morgan fingerprint density at radius 3 is 1.79 bits per heavy atom. The maximum Gasteiger partial charge on any atom is 0.265 e. The molecule has 1 heterocycles. The predicted molar refractivity (Wildman–Crippen MR) is 130 cm³/mol. The maximum atomic E-state index is 13.4. The maximum absolute atomic E-state index is 13.4. The highest BCUT2D eigenvalue weighted by Gasteiger charge is 2.40. The van der Waals surface area contributed by atoms with Gasteiger partial charge in [0.1, 0.15) is 0 Å². The molecule has 0 aliphatic carbocycles. The van der Waals surface area contributed by atoms with Crippen LogP contribution in [0.2, 0.25) is 0 Å². The molecule has 170 valence electrons. The fourth-order valence-corrected chi connectivity index (χ4v) is 4.68. The van der Waals surface area contributed by atoms with Crippen LogP contribution in [-0.4, -0.2) is 33.9 Å². The van der Waals surface area contributed by atoms with Crippen molar-refractivity contribution in [2.24, 2.45) is 0 Å². The summed E-state index contributed by atoms with van der Waals surface area (Å²) in [6.45, 7) is 4.19. The summed E-state index contributed by atoms with van der Waals surface area (Å²) in [7, 11) is 0. The molecule has 1 fully saturated rings. The van der Waals surface area contributed by atoms with Gasteiger partial charge in [-0.25, -0.2) is 0 Å². The van der Waals surface area contributed by atoms with E-state index in [0.29, 0.717) is 22.4 Å². The number of nitrogens with zero attached hydrogens (tertiary/aromatic N) is 1. The fraction of sp³-hybridized carbons (Fsp3) is 0.286. The number of rotatable bonds is 5. The van der Waals surface area contributed by atoms with Crippen LogP contribution >= 0.6 is 0 Å². The van der Waals surface area contributed by atoms with Crippen LogP contribution in [0.1, 0.15) is 54.6 Å². The molecule has 5 nitrogen and oxygen atoms in total. The fourth-order valence-electron chi connectivity index (χ4n) is 4.68. The molecule has 0 aromatic heterocycles. The van der Waals surface area contributed by atoms with Crippen LogP contribution in [0.15, 0.2) is 84.9 Å². The van der Waals surface area contributed by atoms with E-state index in [-0.39, 0.29) is 18.0 Å². The molecule has 0 radical (unpaired) electrons. The number of carbonyl (C=O) groups excluding carboxylic acids is 2. The first-order chi connectivity index (χ1) is 15.9. The zero-order chi connectivity index (χ0) is 23.4. The molecule has 1 aliphatic heterocycles. The van der Waals surface area contributed by atoms with E-state index in [9.17, 15) is 14.7 Å². The quantitative estimate of drug-likeness (QED) is 0.587. The Morgan fingerprint density at radius 1 is 0.818 bits per heavy atom. The number of carbonyl (C=O) groups is 2. The van der Waals surface area contributed by atoms with Gasteiger partial charge in [0.2, 0.25) is 0 Å². The molecule has 2 atom stereocenters. The third-order valence-corrected chi connectivity index (χ3v) is 6.53. The van der Waals surface area contributed by atoms with Gasteiger partial charge >= 0.3 is 0 Å². The molecular weight excluding hydrogens is 412 g/mol. The number of anilines is 1. The first kappa shape index (κ1) is 22.7. The van der Waals surface area contributed by atoms with Gasteiger partial charge < -0.3 is 15.3 Å². The zero-order valence-corrected chi connectivity index (χ0v) is 19.1. The number of aliphatic hydroxyl groups is 1. The van der Waals surface area contributed by atoms with Crippen molar-refractivity contribution in [3.63, 3.8) is 0 Å². The lowest BCUT2D eigenvalue weighted by Crippen LogP contribution is -2.47. The zero-order valence-electron chi connectivity index (χ0n) is 19.1. The summed E-state index contributed by atoms with van der Waals surface area (Å²) in [5.74, 6) is -0.546. The first-order valence-corrected chi connectivity index (χ1v) is 11.5. The van der Waals surface area contributed by atoms with Gasteiger partial charge in [0.25, 0.3) is 11.8 Å². The number of nitrogens with one attached hydrogen (secondary N) is 1. The van der Waals surface area contributed by atoms with Crippen LogP contribution in [0.4, 0.5) is 5.69 Å². The van der Waals surface area contributed by atoms with E-state index in [0.717, 1.165) is 19.3 Å². The van der Waals surface area contributed by atoms with Crippen molar-refractivity contribution in [2.45, 2.75) is 50.8 Å². The summed E-state index contributed by atoms with van der Waals surface area (Å²) >= 11 is 0. The number of piperidine rings is 1. The molecule has 0 bridgehead atoms. The molecular formula is C28H30N2O3. The number of hydrogen-bond donors (Lipinski definition) is 2. The molecule has 4 rings (SSSR count). The van der Waals surface area contributed by atoms with Crippen molar-refractivity contribution >= 4 is 17.5 Å². The van der Waals surface area contributed by atoms with Crippen molar-refractivity contribution in [2.75, 3.05) is 5.32 Å². The summed E-state index contributed by atoms with van der Waals surface area (Å²) in [4.78, 5) is 28.4. The molecule has 2 unspecified atom stereocenters. The van der Waals surface area contributed by atoms with Gasteiger partial charge in [-0.05, 0) is 68.5 Å². The monoisotopic (exact) mass is 442 g/mol. The Hall–Kier alpha value is -3.44. The molecule has 3 aromatic rings. The van der Waals surface area contributed by atoms with Crippen molar-refractivity contribution in [3.8, 4) is 0 Å². The molecule has 3 aromatic carbocycles. The predicted octanol–water partition coefficient (Wildman–Crippen LogP) is 4.96. The van der Waals surface area contributed by atoms with Crippen LogP contribution in [0, 0.1) is 0 Å². The van der Waals surface area contributed by atoms with Crippen LogP contribution < -0.4 is 5.32 Å². The largest absolute Gasteiger partial charge is 0.372 e. The van der Waals surface area contributed by atoms with Gasteiger partial charge in [-0.2, -0.15) is 0 Å². The van der Waals surface area contributed by atoms with Gasteiger partial charge in [0.05, 0.1) is 0 Å². The summed E-state index contributed by atoms with van der Waals surface area (Å²) in [6, 6.07) is 25.1. The number of likely N-dealkylation sites (tertiary alicyclic amines) is 1. The Balaban J connectivity index is 1.56. The van der Waals surface area contributed by atoms with E-state index in [1.807, 2.05) is 17.0 Å². The lowest BCUT2D eigenvalue weighted by Gasteiger charge is -2.39. The Morgan fingerprint density at radius 2 is 1.30 bits per heavy atom. The van der Waals surface area contributed by atoms with E-state index in [2.05, 4.69) is 19.2 Å². The molecule has 33 heavy (non-hydrogen) atoms. The second-order valence-electron chi connectivity index (χ2n) is 8.82. The molecule has 0 saturated carbocycles. The lowest BCUT2D eigenvalue weighted by atomic mass is 9.85. The van der Waals surface area contributed by atoms with Crippen molar-refractivity contribution in [3.05, 3.63) is 102 Å². The van der Waals surface area contributed by atoms with Gasteiger partial charge in [-0.3, -0.25) is 9.59 Å². The topological polar surface area (TPSA) is 69.6 Å². The van der Waals surface area contributed by atoms with Gasteiger partial charge in [0, 0.05) is 23.3 Å². The second-order valence-corrected chi connectivity index (χ2v) is 8.82. The third kappa shape index (κ3) is 4.55.